The smallest absolute Gasteiger partial charge is 0.330 e. The number of nitrogens with two attached hydrogens (primary N) is 1. The third kappa shape index (κ3) is 41.1. The molecule has 4 rings (SSSR count). The molecule has 2 aromatic heterocycles. The lowest BCUT2D eigenvalue weighted by Crippen LogP contribution is -2.55. The van der Waals surface area contributed by atoms with Gasteiger partial charge in [0.1, 0.15) is 30.1 Å². The molecule has 3 atom stereocenters. The first kappa shape index (κ1) is 90.2. The Hall–Kier alpha value is -6.18. The summed E-state index contributed by atoms with van der Waals surface area (Å²) in [5.74, 6) is -0.586. The molecule has 0 aliphatic rings. The number of hydrogen-bond acceptors (Lipinski definition) is 18. The minimum absolute atomic E-state index is 0.109. The second-order valence-electron chi connectivity index (χ2n) is 27.3. The Bertz CT molecular complexity index is 2990. The molecule has 104 heavy (non-hydrogen) atoms. The number of hydrogen-bond donors (Lipinski definition) is 7. The van der Waals surface area contributed by atoms with Gasteiger partial charge in [-0.1, -0.05) is 224 Å². The molecule has 0 spiro atoms. The van der Waals surface area contributed by atoms with Crippen molar-refractivity contribution in [3.63, 3.8) is 0 Å². The molecule has 0 fully saturated rings. The van der Waals surface area contributed by atoms with Crippen molar-refractivity contribution in [3.05, 3.63) is 65.5 Å². The summed E-state index contributed by atoms with van der Waals surface area (Å²) in [5.41, 5.74) is 11.1. The lowest BCUT2D eigenvalue weighted by Gasteiger charge is -2.23. The number of unbranched alkanes of at least 4 members (excludes halogenated alkanes) is 25. The minimum Gasteiger partial charge on any atom is -0.467 e. The van der Waals surface area contributed by atoms with E-state index in [2.05, 4.69) is 75.1 Å². The number of esters is 3. The summed E-state index contributed by atoms with van der Waals surface area (Å²) in [6, 6.07) is 13.9. The molecule has 0 saturated heterocycles. The third-order valence-corrected chi connectivity index (χ3v) is 19.7. The number of ether oxygens (including phenoxy) is 6. The fraction of sp³-hybridized carbons (Fsp3) is 0.713. The summed E-state index contributed by atoms with van der Waals surface area (Å²) in [6.07, 6.45) is 36.0. The lowest BCUT2D eigenvalue weighted by molar-refractivity contribution is -0.157. The van der Waals surface area contributed by atoms with E-state index in [-0.39, 0.29) is 72.7 Å². The number of methoxy groups -OCH3 is 1. The molecule has 0 aliphatic heterocycles. The summed E-state index contributed by atoms with van der Waals surface area (Å²) >= 11 is 6.89. The summed E-state index contributed by atoms with van der Waals surface area (Å²) in [6.45, 7) is 10.1. The second kappa shape index (κ2) is 58.9. The number of carbonyl (C=O) groups is 6. The summed E-state index contributed by atoms with van der Waals surface area (Å²) < 4.78 is 35.7. The number of nitrogens with zero attached hydrogens (tertiary/aromatic N) is 3. The largest absolute Gasteiger partial charge is 0.467 e. The number of aryl methyl sites for hydroxylation is 1. The van der Waals surface area contributed by atoms with Gasteiger partial charge in [0.25, 0.3) is 0 Å². The van der Waals surface area contributed by atoms with Gasteiger partial charge < -0.3 is 70.4 Å². The van der Waals surface area contributed by atoms with E-state index in [9.17, 15) is 33.9 Å². The highest BCUT2D eigenvalue weighted by Crippen LogP contribution is 2.30. The Kier molecular flexibility index (Phi) is 51.1. The van der Waals surface area contributed by atoms with Crippen LogP contribution in [-0.4, -0.2) is 163 Å². The van der Waals surface area contributed by atoms with Crippen molar-refractivity contribution in [1.82, 2.24) is 41.1 Å². The normalized spacial score (nSPS) is 12.2. The zero-order chi connectivity index (χ0) is 74.9. The number of aromatic nitrogens is 3. The maximum Gasteiger partial charge on any atom is 0.330 e. The fourth-order valence-corrected chi connectivity index (χ4v) is 13.4. The number of thioether (sulfide) groups is 1. The minimum atomic E-state index is -1.30. The maximum atomic E-state index is 13.7. The van der Waals surface area contributed by atoms with E-state index in [1.807, 2.05) is 30.3 Å². The van der Waals surface area contributed by atoms with Crippen LogP contribution in [0.5, 0.6) is 0 Å². The van der Waals surface area contributed by atoms with Crippen LogP contribution in [0.4, 0.5) is 5.82 Å². The molecule has 2 heterocycles. The van der Waals surface area contributed by atoms with E-state index in [1.165, 1.54) is 134 Å². The number of rotatable bonds is 65. The standard InChI is InChI=1S/C80H131N9O13S2/c1-5-8-11-13-15-17-19-21-23-25-27-29-31-43-73(93)101-60-65(102-74(94)44-32-30-28-26-24-22-20-18-16-14-12-9-6-2)61-104-62-69(78(95)86-68(59-90)79(96)97-4)87-80(103)83-50-37-52-99-54-56-100-55-53-98-51-36-49-82-71(91)41-35-42-72(92)84-57-63-45-47-64(48-46-63)58-89-70(40-10-7-3)88-75-76(89)66-38-33-34-39-67(66)85-77(75)81/h33-34,38-39,45-48,65,68-69,90H,5-32,35-37,40-44,49-62H2,1-4H3,(H2,81,85)(H,82,91)(H,84,92)(H,86,95)(H2,83,87,103)/t65-,68+,69?/m1/s1. The number of aliphatic hydroxyl groups excluding tert-OH is 1. The first-order chi connectivity index (χ1) is 50.8. The number of nitrogens with one attached hydrogen (secondary N) is 5. The Balaban J connectivity index is 1.07. The van der Waals surface area contributed by atoms with E-state index in [0.717, 1.165) is 103 Å². The van der Waals surface area contributed by atoms with Crippen molar-refractivity contribution in [3.8, 4) is 0 Å². The van der Waals surface area contributed by atoms with Gasteiger partial charge >= 0.3 is 17.9 Å². The molecule has 24 heteroatoms. The highest BCUT2D eigenvalue weighted by Gasteiger charge is 2.28. The number of aliphatic hydroxyl groups is 1. The molecule has 0 radical (unpaired) electrons. The van der Waals surface area contributed by atoms with Crippen molar-refractivity contribution < 1.29 is 62.3 Å². The van der Waals surface area contributed by atoms with E-state index >= 15 is 0 Å². The second-order valence-corrected chi connectivity index (χ2v) is 28.8. The number of benzene rings is 2. The maximum absolute atomic E-state index is 13.7. The molecule has 0 saturated carbocycles. The van der Waals surface area contributed by atoms with Crippen molar-refractivity contribution in [2.45, 2.75) is 283 Å². The van der Waals surface area contributed by atoms with Gasteiger partial charge in [-0.3, -0.25) is 24.0 Å². The molecule has 8 N–H and O–H groups in total. The van der Waals surface area contributed by atoms with Gasteiger partial charge in [-0.05, 0) is 67.9 Å². The van der Waals surface area contributed by atoms with Gasteiger partial charge in [0.05, 0.1) is 51.2 Å². The van der Waals surface area contributed by atoms with Crippen LogP contribution < -0.4 is 32.3 Å². The predicted octanol–water partition coefficient (Wildman–Crippen LogP) is 13.9. The summed E-state index contributed by atoms with van der Waals surface area (Å²) in [5, 5.41) is 25.7. The van der Waals surface area contributed by atoms with Crippen molar-refractivity contribution >= 4 is 92.5 Å². The zero-order valence-electron chi connectivity index (χ0n) is 63.8. The van der Waals surface area contributed by atoms with Crippen LogP contribution in [0.15, 0.2) is 48.5 Å². The number of nitrogen functional groups attached to an aromatic ring is 1. The van der Waals surface area contributed by atoms with Crippen LogP contribution >= 0.6 is 24.0 Å². The van der Waals surface area contributed by atoms with Gasteiger partial charge in [-0.25, -0.2) is 14.8 Å². The lowest BCUT2D eigenvalue weighted by atomic mass is 10.0. The number of thiocarbonyl (C=S) groups is 1. The van der Waals surface area contributed by atoms with E-state index in [0.29, 0.717) is 97.3 Å². The predicted molar refractivity (Wildman–Crippen MR) is 421 cm³/mol. The van der Waals surface area contributed by atoms with Crippen LogP contribution in [0.2, 0.25) is 0 Å². The van der Waals surface area contributed by atoms with Crippen LogP contribution in [0.25, 0.3) is 21.9 Å². The quantitative estimate of drug-likeness (QED) is 0.00935. The molecule has 2 aromatic carbocycles. The number of anilines is 1. The Morgan fingerprint density at radius 3 is 1.62 bits per heavy atom. The third-order valence-electron chi connectivity index (χ3n) is 18.3. The Morgan fingerprint density at radius 1 is 0.548 bits per heavy atom. The Morgan fingerprint density at radius 2 is 1.06 bits per heavy atom. The highest BCUT2D eigenvalue weighted by atomic mass is 32.2. The van der Waals surface area contributed by atoms with E-state index in [1.54, 1.807) is 0 Å². The van der Waals surface area contributed by atoms with Gasteiger partial charge in [0.2, 0.25) is 17.7 Å². The van der Waals surface area contributed by atoms with Crippen molar-refractivity contribution in [2.24, 2.45) is 0 Å². The van der Waals surface area contributed by atoms with Crippen LogP contribution in [0.3, 0.4) is 0 Å². The van der Waals surface area contributed by atoms with Gasteiger partial charge in [0, 0.05) is 88.4 Å². The first-order valence-electron chi connectivity index (χ1n) is 39.6. The number of amides is 3. The molecular formula is C80H131N9O13S2. The van der Waals surface area contributed by atoms with Gasteiger partial charge in [-0.2, -0.15) is 11.8 Å². The number of para-hydroxylation sites is 1. The summed E-state index contributed by atoms with van der Waals surface area (Å²) in [7, 11) is 1.17. The SMILES string of the molecule is CCCCCCCCCCCCCCCC(=O)OC[C@H](CSCC(NC(=S)NCCCOCCOCCOCCCNC(=O)CCCC(=O)NCc1ccc(Cn2c(CCCC)nc3c(N)nc4ccccc4c32)cc1)C(=O)N[C@@H](CO)C(=O)OC)OC(=O)CCCCCCCCCCCCCCC. The molecule has 22 nitrogen and oxygen atoms in total. The highest BCUT2D eigenvalue weighted by molar-refractivity contribution is 7.99. The first-order valence-corrected chi connectivity index (χ1v) is 41.2. The fourth-order valence-electron chi connectivity index (χ4n) is 12.1. The average molecular weight is 1490 g/mol. The molecule has 586 valence electrons. The van der Waals surface area contributed by atoms with Crippen LogP contribution in [0.1, 0.15) is 262 Å². The van der Waals surface area contributed by atoms with Crippen LogP contribution in [0, 0.1) is 0 Å². The molecular weight excluding hydrogens is 1360 g/mol. The molecule has 0 aliphatic carbocycles. The van der Waals surface area contributed by atoms with Crippen molar-refractivity contribution in [1.29, 1.82) is 0 Å². The number of carbonyl (C=O) groups excluding carboxylic acids is 6. The summed E-state index contributed by atoms with van der Waals surface area (Å²) in [4.78, 5) is 87.0. The number of fused-ring (bicyclic) bond motifs is 3. The molecule has 0 bridgehead atoms. The van der Waals surface area contributed by atoms with Crippen LogP contribution in [-0.2, 0) is 76.7 Å². The monoisotopic (exact) mass is 1490 g/mol. The number of imidazole rings is 1. The van der Waals surface area contributed by atoms with E-state index in [4.69, 9.17) is 51.4 Å². The van der Waals surface area contributed by atoms with E-state index < -0.39 is 36.7 Å². The Labute approximate surface area is 631 Å². The average Bonchev–Trinajstić information content (AvgIpc) is 1.59. The van der Waals surface area contributed by atoms with Gasteiger partial charge in [0.15, 0.2) is 17.0 Å². The number of pyridine rings is 1. The van der Waals surface area contributed by atoms with Crippen molar-refractivity contribution in [2.75, 3.05) is 90.3 Å². The zero-order valence-corrected chi connectivity index (χ0v) is 65.4. The topological polar surface area (TPSA) is 295 Å². The molecule has 3 amide bonds. The molecule has 4 aromatic rings. The van der Waals surface area contributed by atoms with Gasteiger partial charge in [-0.15, -0.1) is 0 Å². The molecule has 1 unspecified atom stereocenters.